The predicted octanol–water partition coefficient (Wildman–Crippen LogP) is 8.70. The molecule has 4 aliphatic carbocycles. The van der Waals surface area contributed by atoms with Crippen LogP contribution in [-0.4, -0.2) is 17.9 Å². The van der Waals surface area contributed by atoms with Crippen LogP contribution in [0, 0.1) is 46.3 Å². The van der Waals surface area contributed by atoms with Crippen molar-refractivity contribution in [2.24, 2.45) is 46.3 Å². The normalized spacial score (nSPS) is 38.5. The van der Waals surface area contributed by atoms with Crippen molar-refractivity contribution in [3.63, 3.8) is 0 Å². The van der Waals surface area contributed by atoms with E-state index in [1.54, 1.807) is 12.5 Å². The zero-order valence-corrected chi connectivity index (χ0v) is 24.2. The fraction of sp³-hybridized carbons (Fsp3) is 0.879. The number of hydrogen-bond acceptors (Lipinski definition) is 3. The van der Waals surface area contributed by atoms with E-state index >= 15 is 0 Å². The van der Waals surface area contributed by atoms with Gasteiger partial charge in [0.25, 0.3) is 0 Å². The Morgan fingerprint density at radius 3 is 2.47 bits per heavy atom. The van der Waals surface area contributed by atoms with Crippen molar-refractivity contribution in [2.45, 2.75) is 138 Å². The topological polar surface area (TPSA) is 43.4 Å². The lowest BCUT2D eigenvalue weighted by Gasteiger charge is -2.58. The molecule has 0 aliphatic heterocycles. The molecule has 36 heavy (non-hydrogen) atoms. The van der Waals surface area contributed by atoms with Crippen LogP contribution >= 0.6 is 0 Å². The second-order valence-corrected chi connectivity index (χ2v) is 14.2. The Bertz CT molecular complexity index is 827. The maximum atomic E-state index is 12.4. The molecule has 3 saturated carbocycles. The number of allylic oxidation sites excluding steroid dienone is 1. The molecule has 0 saturated heterocycles. The van der Waals surface area contributed by atoms with E-state index in [0.717, 1.165) is 54.8 Å². The monoisotopic (exact) mass is 498 g/mol. The molecule has 3 nitrogen and oxygen atoms in total. The van der Waals surface area contributed by atoms with Crippen LogP contribution in [0.1, 0.15) is 131 Å². The summed E-state index contributed by atoms with van der Waals surface area (Å²) >= 11 is 0. The Kier molecular flexibility index (Phi) is 8.77. The van der Waals surface area contributed by atoms with Crippen LogP contribution in [-0.2, 0) is 14.3 Å². The number of fused-ring (bicyclic) bond motifs is 5. The van der Waals surface area contributed by atoms with E-state index in [-0.39, 0.29) is 17.9 Å². The molecule has 3 heteroatoms. The zero-order valence-electron chi connectivity index (χ0n) is 24.2. The van der Waals surface area contributed by atoms with E-state index in [4.69, 9.17) is 4.74 Å². The summed E-state index contributed by atoms with van der Waals surface area (Å²) in [6.07, 6.45) is 18.3. The molecule has 0 aromatic rings. The third-order valence-electron chi connectivity index (χ3n) is 11.5. The van der Waals surface area contributed by atoms with Crippen LogP contribution in [0.25, 0.3) is 0 Å². The fourth-order valence-electron chi connectivity index (χ4n) is 9.48. The lowest BCUT2D eigenvalue weighted by atomic mass is 9.47. The van der Waals surface area contributed by atoms with Gasteiger partial charge in [-0.15, -0.1) is 0 Å². The number of ketones is 1. The molecule has 0 spiro atoms. The molecule has 4 rings (SSSR count). The molecular formula is C33H54O3. The highest BCUT2D eigenvalue weighted by Crippen LogP contribution is 2.67. The van der Waals surface area contributed by atoms with Gasteiger partial charge in [0.2, 0.25) is 0 Å². The van der Waals surface area contributed by atoms with Crippen molar-refractivity contribution >= 4 is 11.8 Å². The summed E-state index contributed by atoms with van der Waals surface area (Å²) in [4.78, 5) is 23.5. The van der Waals surface area contributed by atoms with Crippen LogP contribution in [0.4, 0.5) is 0 Å². The number of carbonyl (C=O) groups is 2. The summed E-state index contributed by atoms with van der Waals surface area (Å²) in [5.41, 5.74) is 2.41. The number of hydrogen-bond donors (Lipinski definition) is 0. The first kappa shape index (κ1) is 27.9. The molecule has 8 unspecified atom stereocenters. The summed E-state index contributed by atoms with van der Waals surface area (Å²) in [6, 6.07) is 0. The second-order valence-electron chi connectivity index (χ2n) is 14.2. The van der Waals surface area contributed by atoms with Gasteiger partial charge in [0, 0.05) is 19.3 Å². The molecule has 0 N–H and O–H groups in total. The van der Waals surface area contributed by atoms with Crippen molar-refractivity contribution in [3.8, 4) is 0 Å². The predicted molar refractivity (Wildman–Crippen MR) is 147 cm³/mol. The van der Waals surface area contributed by atoms with Gasteiger partial charge in [-0.3, -0.25) is 4.79 Å². The molecule has 3 fully saturated rings. The molecule has 8 atom stereocenters. The lowest BCUT2D eigenvalue weighted by molar-refractivity contribution is -0.151. The van der Waals surface area contributed by atoms with Crippen molar-refractivity contribution < 1.29 is 14.3 Å². The zero-order chi connectivity index (χ0) is 26.1. The number of esters is 1. The highest BCUT2D eigenvalue weighted by molar-refractivity contribution is 5.76. The van der Waals surface area contributed by atoms with Gasteiger partial charge >= 0.3 is 5.97 Å². The summed E-state index contributed by atoms with van der Waals surface area (Å²) in [7, 11) is 0. The summed E-state index contributed by atoms with van der Waals surface area (Å²) < 4.78 is 5.88. The summed E-state index contributed by atoms with van der Waals surface area (Å²) in [5.74, 6) is 5.17. The Hall–Kier alpha value is -1.12. The Morgan fingerprint density at radius 2 is 1.75 bits per heavy atom. The third-order valence-corrected chi connectivity index (χ3v) is 11.5. The summed E-state index contributed by atoms with van der Waals surface area (Å²) in [6.45, 7) is 14.1. The van der Waals surface area contributed by atoms with E-state index in [2.05, 4.69) is 40.7 Å². The lowest BCUT2D eigenvalue weighted by Crippen LogP contribution is -2.51. The average Bonchev–Trinajstić information content (AvgIpc) is 3.16. The minimum absolute atomic E-state index is 0.0297. The van der Waals surface area contributed by atoms with E-state index in [9.17, 15) is 9.59 Å². The van der Waals surface area contributed by atoms with E-state index < -0.39 is 0 Å². The Balaban J connectivity index is 1.38. The molecular weight excluding hydrogens is 444 g/mol. The number of ether oxygens (including phenoxy) is 1. The van der Waals surface area contributed by atoms with Crippen LogP contribution in [0.3, 0.4) is 0 Å². The van der Waals surface area contributed by atoms with Crippen molar-refractivity contribution in [1.82, 2.24) is 0 Å². The van der Waals surface area contributed by atoms with Crippen LogP contribution in [0.2, 0.25) is 0 Å². The molecule has 0 bridgehead atoms. The fourth-order valence-corrected chi connectivity index (χ4v) is 9.48. The van der Waals surface area contributed by atoms with Crippen LogP contribution in [0.5, 0.6) is 0 Å². The maximum Gasteiger partial charge on any atom is 0.306 e. The largest absolute Gasteiger partial charge is 0.462 e. The third kappa shape index (κ3) is 5.65. The number of rotatable bonds is 10. The number of Topliss-reactive ketones (excluding diaryl/α,β-unsaturated/α-hetero) is 1. The second kappa shape index (κ2) is 11.3. The van der Waals surface area contributed by atoms with Gasteiger partial charge in [0.1, 0.15) is 11.9 Å². The molecule has 0 heterocycles. The molecule has 0 aromatic heterocycles. The Labute approximate surface area is 221 Å². The van der Waals surface area contributed by atoms with Crippen molar-refractivity contribution in [2.75, 3.05) is 0 Å². The van der Waals surface area contributed by atoms with Gasteiger partial charge in [-0.05, 0) is 105 Å². The minimum atomic E-state index is -0.118. The molecule has 204 valence electrons. The molecule has 4 aliphatic rings. The first-order chi connectivity index (χ1) is 17.0. The van der Waals surface area contributed by atoms with Gasteiger partial charge in [0.05, 0.1) is 0 Å². The van der Waals surface area contributed by atoms with Crippen LogP contribution in [0.15, 0.2) is 11.6 Å². The van der Waals surface area contributed by atoms with Crippen LogP contribution < -0.4 is 0 Å². The van der Waals surface area contributed by atoms with Gasteiger partial charge in [-0.25, -0.2) is 0 Å². The first-order valence-electron chi connectivity index (χ1n) is 15.4. The average molecular weight is 499 g/mol. The SMILES string of the molecule is CC(=O)CCCC(=O)OC1CCC2(C)C(=CCC3C2CCC2(C)C(C(C)CCCC(C)C)CCC32)C1. The first-order valence-corrected chi connectivity index (χ1v) is 15.4. The molecule has 0 radical (unpaired) electrons. The smallest absolute Gasteiger partial charge is 0.306 e. The highest BCUT2D eigenvalue weighted by atomic mass is 16.5. The highest BCUT2D eigenvalue weighted by Gasteiger charge is 2.59. The van der Waals surface area contributed by atoms with Crippen molar-refractivity contribution in [3.05, 3.63) is 11.6 Å². The van der Waals surface area contributed by atoms with E-state index in [0.29, 0.717) is 30.1 Å². The maximum absolute atomic E-state index is 12.4. The van der Waals surface area contributed by atoms with Gasteiger partial charge in [-0.2, -0.15) is 0 Å². The summed E-state index contributed by atoms with van der Waals surface area (Å²) in [5, 5.41) is 0. The molecule has 0 aromatic carbocycles. The quantitative estimate of drug-likeness (QED) is 0.223. The molecule has 0 amide bonds. The number of carbonyl (C=O) groups excluding carboxylic acids is 2. The van der Waals surface area contributed by atoms with E-state index in [1.807, 2.05) is 0 Å². The van der Waals surface area contributed by atoms with Gasteiger partial charge < -0.3 is 9.53 Å². The van der Waals surface area contributed by atoms with Crippen molar-refractivity contribution in [1.29, 1.82) is 0 Å². The van der Waals surface area contributed by atoms with E-state index in [1.165, 1.54) is 51.4 Å². The Morgan fingerprint density at radius 1 is 0.972 bits per heavy atom. The van der Waals surface area contributed by atoms with Gasteiger partial charge in [-0.1, -0.05) is 65.5 Å². The minimum Gasteiger partial charge on any atom is -0.462 e. The van der Waals surface area contributed by atoms with Gasteiger partial charge in [0.15, 0.2) is 0 Å². The standard InChI is InChI=1S/C33H54O3/c1-22(2)9-7-10-23(3)28-15-16-29-27-14-13-25-21-26(36-31(35)12-8-11-24(4)34)17-19-32(25,5)30(27)18-20-33(28,29)6/h13,22-23,26-30H,7-12,14-21H2,1-6H3.